The molecule has 7 heteroatoms. The van der Waals surface area contributed by atoms with Crippen LogP contribution in [0.2, 0.25) is 0 Å². The van der Waals surface area contributed by atoms with Crippen molar-refractivity contribution in [3.63, 3.8) is 0 Å². The molecule has 1 aromatic heterocycles. The summed E-state index contributed by atoms with van der Waals surface area (Å²) in [4.78, 5) is 14.3. The molecule has 2 aromatic rings. The number of carbonyl (C=O) groups excluding carboxylic acids is 1. The number of rotatable bonds is 4. The van der Waals surface area contributed by atoms with Gasteiger partial charge in [0, 0.05) is 17.6 Å². The Kier molecular flexibility index (Phi) is 5.32. The summed E-state index contributed by atoms with van der Waals surface area (Å²) in [6.45, 7) is 0.585. The highest BCUT2D eigenvalue weighted by atomic mass is 32.1. The first-order chi connectivity index (χ1) is 11.9. The van der Waals surface area contributed by atoms with Crippen molar-refractivity contribution in [3.05, 3.63) is 46.7 Å². The first kappa shape index (κ1) is 17.8. The van der Waals surface area contributed by atoms with Gasteiger partial charge in [-0.1, -0.05) is 18.9 Å². The van der Waals surface area contributed by atoms with E-state index in [2.05, 4.69) is 5.32 Å². The Morgan fingerprint density at radius 2 is 2.00 bits per heavy atom. The van der Waals surface area contributed by atoms with Crippen LogP contribution in [-0.4, -0.2) is 12.6 Å². The van der Waals surface area contributed by atoms with Gasteiger partial charge in [-0.2, -0.15) is 24.5 Å². The van der Waals surface area contributed by atoms with Crippen molar-refractivity contribution in [1.29, 1.82) is 0 Å². The fourth-order valence-corrected chi connectivity index (χ4v) is 3.77. The molecular formula is C18H19F3N2OS. The number of nitrogens with zero attached hydrogens (tertiary/aromatic N) is 1. The number of amides is 2. The van der Waals surface area contributed by atoms with Crippen molar-refractivity contribution in [3.8, 4) is 0 Å². The second-order valence-electron chi connectivity index (χ2n) is 6.25. The van der Waals surface area contributed by atoms with Crippen LogP contribution >= 0.6 is 11.3 Å². The van der Waals surface area contributed by atoms with Crippen molar-refractivity contribution in [1.82, 2.24) is 0 Å². The van der Waals surface area contributed by atoms with Gasteiger partial charge in [0.05, 0.1) is 11.3 Å². The molecule has 0 radical (unpaired) electrons. The van der Waals surface area contributed by atoms with Crippen molar-refractivity contribution in [2.75, 3.05) is 16.8 Å². The summed E-state index contributed by atoms with van der Waals surface area (Å²) in [6.07, 6.45) is 0.0569. The topological polar surface area (TPSA) is 32.3 Å². The van der Waals surface area contributed by atoms with Gasteiger partial charge < -0.3 is 5.32 Å². The number of halogens is 3. The smallest absolute Gasteiger partial charge is 0.308 e. The van der Waals surface area contributed by atoms with Gasteiger partial charge in [-0.3, -0.25) is 4.90 Å². The molecule has 1 saturated carbocycles. The lowest BCUT2D eigenvalue weighted by Gasteiger charge is -2.25. The Morgan fingerprint density at radius 3 is 2.64 bits per heavy atom. The van der Waals surface area contributed by atoms with E-state index in [-0.39, 0.29) is 5.69 Å². The van der Waals surface area contributed by atoms with Gasteiger partial charge in [0.1, 0.15) is 0 Å². The average Bonchev–Trinajstić information content (AvgIpc) is 3.25. The third kappa shape index (κ3) is 4.54. The molecule has 1 aliphatic carbocycles. The van der Waals surface area contributed by atoms with Crippen LogP contribution in [0.5, 0.6) is 0 Å². The minimum absolute atomic E-state index is 0.145. The summed E-state index contributed by atoms with van der Waals surface area (Å²) in [5, 5.41) is 6.37. The van der Waals surface area contributed by atoms with Gasteiger partial charge in [-0.05, 0) is 48.4 Å². The molecule has 1 N–H and O–H groups in total. The van der Waals surface area contributed by atoms with Gasteiger partial charge in [0.2, 0.25) is 0 Å². The highest BCUT2D eigenvalue weighted by Crippen LogP contribution is 2.31. The second kappa shape index (κ2) is 7.47. The molecule has 3 nitrogen and oxygen atoms in total. The Balaban J connectivity index is 1.76. The zero-order valence-electron chi connectivity index (χ0n) is 13.6. The largest absolute Gasteiger partial charge is 0.416 e. The van der Waals surface area contributed by atoms with Gasteiger partial charge in [-0.25, -0.2) is 4.79 Å². The molecule has 0 saturated heterocycles. The first-order valence-corrected chi connectivity index (χ1v) is 9.16. The van der Waals surface area contributed by atoms with Crippen LogP contribution in [0.1, 0.15) is 31.2 Å². The summed E-state index contributed by atoms with van der Waals surface area (Å²) in [5.74, 6) is 0.437. The van der Waals surface area contributed by atoms with Gasteiger partial charge in [0.25, 0.3) is 0 Å². The molecule has 2 amide bonds. The van der Waals surface area contributed by atoms with Crippen LogP contribution in [0.25, 0.3) is 0 Å². The maximum Gasteiger partial charge on any atom is 0.416 e. The van der Waals surface area contributed by atoms with E-state index in [1.165, 1.54) is 23.5 Å². The molecule has 0 unspecified atom stereocenters. The number of nitrogens with one attached hydrogen (secondary N) is 1. The lowest BCUT2D eigenvalue weighted by atomic mass is 10.1. The van der Waals surface area contributed by atoms with Crippen LogP contribution in [-0.2, 0) is 6.18 Å². The van der Waals surface area contributed by atoms with E-state index in [4.69, 9.17) is 0 Å². The molecule has 0 spiro atoms. The summed E-state index contributed by atoms with van der Waals surface area (Å²) in [5.41, 5.74) is 0.149. The molecule has 25 heavy (non-hydrogen) atoms. The lowest BCUT2D eigenvalue weighted by molar-refractivity contribution is -0.137. The summed E-state index contributed by atoms with van der Waals surface area (Å²) >= 11 is 1.48. The number of anilines is 2. The Morgan fingerprint density at radius 1 is 1.24 bits per heavy atom. The summed E-state index contributed by atoms with van der Waals surface area (Å²) in [7, 11) is 0. The Labute approximate surface area is 148 Å². The molecule has 3 rings (SSSR count). The van der Waals surface area contributed by atoms with Crippen molar-refractivity contribution in [2.24, 2.45) is 5.92 Å². The van der Waals surface area contributed by atoms with Gasteiger partial charge in [0.15, 0.2) is 0 Å². The van der Waals surface area contributed by atoms with Crippen LogP contribution in [0.15, 0.2) is 41.1 Å². The lowest BCUT2D eigenvalue weighted by Crippen LogP contribution is -2.38. The number of alkyl halides is 3. The number of hydrogen-bond donors (Lipinski definition) is 1. The van der Waals surface area contributed by atoms with E-state index in [0.29, 0.717) is 12.5 Å². The minimum Gasteiger partial charge on any atom is -0.308 e. The molecule has 0 aliphatic heterocycles. The maximum atomic E-state index is 12.8. The molecule has 0 atom stereocenters. The number of benzene rings is 1. The monoisotopic (exact) mass is 368 g/mol. The van der Waals surface area contributed by atoms with E-state index in [1.807, 2.05) is 16.8 Å². The summed E-state index contributed by atoms with van der Waals surface area (Å²) < 4.78 is 38.5. The van der Waals surface area contributed by atoms with Gasteiger partial charge >= 0.3 is 12.2 Å². The zero-order valence-corrected chi connectivity index (χ0v) is 14.4. The number of carbonyl (C=O) groups is 1. The third-order valence-corrected chi connectivity index (χ3v) is 5.09. The summed E-state index contributed by atoms with van der Waals surface area (Å²) in [6, 6.07) is 6.17. The Bertz CT molecular complexity index is 709. The van der Waals surface area contributed by atoms with Crippen LogP contribution in [0.4, 0.5) is 29.3 Å². The van der Waals surface area contributed by atoms with Crippen molar-refractivity contribution in [2.45, 2.75) is 31.9 Å². The average molecular weight is 368 g/mol. The normalized spacial score (nSPS) is 15.3. The van der Waals surface area contributed by atoms with Crippen molar-refractivity contribution >= 4 is 28.7 Å². The van der Waals surface area contributed by atoms with Crippen LogP contribution in [0.3, 0.4) is 0 Å². The van der Waals surface area contributed by atoms with E-state index >= 15 is 0 Å². The highest BCUT2D eigenvalue weighted by Gasteiger charge is 2.31. The number of urea groups is 1. The second-order valence-corrected chi connectivity index (χ2v) is 7.03. The van der Waals surface area contributed by atoms with Crippen LogP contribution in [0, 0.1) is 5.92 Å². The highest BCUT2D eigenvalue weighted by molar-refractivity contribution is 7.08. The predicted molar refractivity (Wildman–Crippen MR) is 94.1 cm³/mol. The quantitative estimate of drug-likeness (QED) is 0.706. The van der Waals surface area contributed by atoms with E-state index in [0.717, 1.165) is 43.5 Å². The molecule has 134 valence electrons. The molecule has 0 bridgehead atoms. The molecule has 1 fully saturated rings. The fourth-order valence-electron chi connectivity index (χ4n) is 3.13. The zero-order chi connectivity index (χ0) is 17.9. The fraction of sp³-hybridized carbons (Fsp3) is 0.389. The third-order valence-electron chi connectivity index (χ3n) is 4.42. The molecule has 1 heterocycles. The Hall–Kier alpha value is -2.02. The minimum atomic E-state index is -4.43. The van der Waals surface area contributed by atoms with E-state index < -0.39 is 17.8 Å². The van der Waals surface area contributed by atoms with E-state index in [9.17, 15) is 18.0 Å². The first-order valence-electron chi connectivity index (χ1n) is 8.21. The maximum absolute atomic E-state index is 12.8. The molecular weight excluding hydrogens is 349 g/mol. The van der Waals surface area contributed by atoms with Crippen molar-refractivity contribution < 1.29 is 18.0 Å². The molecule has 1 aliphatic rings. The van der Waals surface area contributed by atoms with Crippen LogP contribution < -0.4 is 10.2 Å². The SMILES string of the molecule is O=C(Nc1cccc(C(F)(F)F)c1)N(CC1CCCC1)c1ccsc1. The standard InChI is InChI=1S/C18H19F3N2OS/c19-18(20,21)14-6-3-7-15(10-14)22-17(24)23(16-8-9-25-12-16)11-13-4-1-2-5-13/h3,6-10,12-13H,1-2,4-5,11H2,(H,22,24). The number of hydrogen-bond acceptors (Lipinski definition) is 2. The predicted octanol–water partition coefficient (Wildman–Crippen LogP) is 6.00. The van der Waals surface area contributed by atoms with E-state index in [1.54, 1.807) is 4.90 Å². The molecule has 1 aromatic carbocycles. The van der Waals surface area contributed by atoms with Gasteiger partial charge in [-0.15, -0.1) is 0 Å². The number of thiophene rings is 1.